The van der Waals surface area contributed by atoms with Crippen LogP contribution in [0.1, 0.15) is 40.5 Å². The van der Waals surface area contributed by atoms with E-state index in [4.69, 9.17) is 14.0 Å². The fourth-order valence-electron chi connectivity index (χ4n) is 3.70. The minimum atomic E-state index is -0.416. The van der Waals surface area contributed by atoms with Gasteiger partial charge in [-0.1, -0.05) is 12.1 Å². The van der Waals surface area contributed by atoms with Crippen LogP contribution in [0.25, 0.3) is 0 Å². The van der Waals surface area contributed by atoms with Crippen molar-refractivity contribution < 1.29 is 23.6 Å². The number of likely N-dealkylation sites (N-methyl/N-ethyl adjacent to an activating group) is 2. The summed E-state index contributed by atoms with van der Waals surface area (Å²) in [7, 11) is 5.47. The summed E-state index contributed by atoms with van der Waals surface area (Å²) < 4.78 is 16.7. The third-order valence-corrected chi connectivity index (χ3v) is 5.87. The van der Waals surface area contributed by atoms with E-state index in [0.29, 0.717) is 35.9 Å². The maximum atomic E-state index is 13.3. The van der Waals surface area contributed by atoms with Gasteiger partial charge in [-0.2, -0.15) is 0 Å². The summed E-state index contributed by atoms with van der Waals surface area (Å²) in [5, 5.41) is 6.50. The van der Waals surface area contributed by atoms with Gasteiger partial charge in [0, 0.05) is 45.0 Å². The van der Waals surface area contributed by atoms with Crippen LogP contribution >= 0.6 is 0 Å². The van der Waals surface area contributed by atoms with E-state index in [0.717, 1.165) is 6.54 Å². The number of aryl methyl sites for hydroxylation is 1. The van der Waals surface area contributed by atoms with Crippen molar-refractivity contribution >= 4 is 17.5 Å². The van der Waals surface area contributed by atoms with Crippen molar-refractivity contribution in [1.29, 1.82) is 0 Å². The molecule has 0 unspecified atom stereocenters. The Kier molecular flexibility index (Phi) is 7.52. The maximum Gasteiger partial charge on any atom is 0.277 e. The fraction of sp³-hybridized carbons (Fsp3) is 0.522. The second-order valence-electron chi connectivity index (χ2n) is 8.52. The van der Waals surface area contributed by atoms with E-state index in [1.165, 1.54) is 0 Å². The molecule has 9 heteroatoms. The molecule has 2 aromatic rings. The molecule has 1 N–H and O–H groups in total. The van der Waals surface area contributed by atoms with Crippen molar-refractivity contribution in [2.45, 2.75) is 32.9 Å². The van der Waals surface area contributed by atoms with Crippen molar-refractivity contribution in [2.75, 3.05) is 46.2 Å². The van der Waals surface area contributed by atoms with E-state index < -0.39 is 5.91 Å². The van der Waals surface area contributed by atoms with Crippen LogP contribution in [-0.4, -0.2) is 79.8 Å². The Labute approximate surface area is 188 Å². The normalized spacial score (nSPS) is 23.0. The summed E-state index contributed by atoms with van der Waals surface area (Å²) in [6.07, 6.45) is -0.110. The molecule has 2 heterocycles. The van der Waals surface area contributed by atoms with Gasteiger partial charge in [-0.05, 0) is 45.0 Å². The van der Waals surface area contributed by atoms with Crippen LogP contribution in [0.15, 0.2) is 28.8 Å². The lowest BCUT2D eigenvalue weighted by Gasteiger charge is -2.34. The zero-order valence-corrected chi connectivity index (χ0v) is 19.5. The molecule has 0 radical (unpaired) electrons. The molecule has 3 rings (SSSR count). The first-order valence-corrected chi connectivity index (χ1v) is 10.7. The summed E-state index contributed by atoms with van der Waals surface area (Å²) in [6.45, 7) is 7.61. The van der Waals surface area contributed by atoms with Gasteiger partial charge in [0.2, 0.25) is 0 Å². The fourth-order valence-corrected chi connectivity index (χ4v) is 3.70. The smallest absolute Gasteiger partial charge is 0.277 e. The minimum absolute atomic E-state index is 0.110. The predicted molar refractivity (Wildman–Crippen MR) is 120 cm³/mol. The van der Waals surface area contributed by atoms with Crippen molar-refractivity contribution in [3.63, 3.8) is 0 Å². The Morgan fingerprint density at radius 1 is 1.22 bits per heavy atom. The molecule has 1 aliphatic rings. The van der Waals surface area contributed by atoms with Gasteiger partial charge in [-0.15, -0.1) is 0 Å². The maximum absolute atomic E-state index is 13.3. The molecule has 0 spiro atoms. The number of carbonyl (C=O) groups excluding carboxylic acids is 2. The van der Waals surface area contributed by atoms with Gasteiger partial charge in [-0.25, -0.2) is 0 Å². The van der Waals surface area contributed by atoms with E-state index in [-0.39, 0.29) is 29.7 Å². The molecule has 32 heavy (non-hydrogen) atoms. The first kappa shape index (κ1) is 23.7. The quantitative estimate of drug-likeness (QED) is 0.777. The standard InChI is InChI=1S/C23H32N4O5/c1-14-11-26(4)15(2)13-31-20-8-7-17(24-22(28)19-9-16(3)32-25-19)10-18(20)23(29)27(5)12-21(14)30-6/h7-10,14-15,21H,11-13H2,1-6H3,(H,24,28)/t14-,15+,21+/m0/s1. The van der Waals surface area contributed by atoms with Crippen molar-refractivity contribution in [3.05, 3.63) is 41.3 Å². The summed E-state index contributed by atoms with van der Waals surface area (Å²) in [5.74, 6) is 0.612. The molecular formula is C23H32N4O5. The van der Waals surface area contributed by atoms with E-state index in [1.807, 2.05) is 0 Å². The van der Waals surface area contributed by atoms with Crippen LogP contribution in [0.4, 0.5) is 5.69 Å². The Balaban J connectivity index is 1.90. The van der Waals surface area contributed by atoms with Crippen LogP contribution in [0.2, 0.25) is 0 Å². The number of nitrogens with one attached hydrogen (secondary N) is 1. The second kappa shape index (κ2) is 10.1. The van der Waals surface area contributed by atoms with Crippen LogP contribution in [0.5, 0.6) is 5.75 Å². The van der Waals surface area contributed by atoms with E-state index in [2.05, 4.69) is 36.3 Å². The second-order valence-corrected chi connectivity index (χ2v) is 8.52. The van der Waals surface area contributed by atoms with E-state index in [1.54, 1.807) is 50.2 Å². The third-order valence-electron chi connectivity index (χ3n) is 5.87. The average Bonchev–Trinajstić information content (AvgIpc) is 3.21. The Morgan fingerprint density at radius 2 is 1.97 bits per heavy atom. The SMILES string of the molecule is CO[C@@H]1CN(C)C(=O)c2cc(NC(=O)c3cc(C)on3)ccc2OC[C@@H](C)N(C)C[C@@H]1C. The summed E-state index contributed by atoms with van der Waals surface area (Å²) in [5.41, 5.74) is 1.01. The highest BCUT2D eigenvalue weighted by Gasteiger charge is 2.27. The summed E-state index contributed by atoms with van der Waals surface area (Å²) >= 11 is 0. The molecule has 3 atom stereocenters. The molecule has 0 bridgehead atoms. The highest BCUT2D eigenvalue weighted by molar-refractivity contribution is 6.04. The first-order valence-electron chi connectivity index (χ1n) is 10.7. The molecule has 2 amide bonds. The van der Waals surface area contributed by atoms with Crippen molar-refractivity contribution in [3.8, 4) is 5.75 Å². The first-order chi connectivity index (χ1) is 15.2. The van der Waals surface area contributed by atoms with Crippen LogP contribution in [0.3, 0.4) is 0 Å². The average molecular weight is 445 g/mol. The van der Waals surface area contributed by atoms with E-state index >= 15 is 0 Å². The minimum Gasteiger partial charge on any atom is -0.491 e. The molecular weight excluding hydrogens is 412 g/mol. The van der Waals surface area contributed by atoms with Gasteiger partial charge in [0.1, 0.15) is 18.1 Å². The number of benzene rings is 1. The Bertz CT molecular complexity index is 960. The third kappa shape index (κ3) is 5.46. The number of hydrogen-bond donors (Lipinski definition) is 1. The van der Waals surface area contributed by atoms with Gasteiger partial charge in [0.25, 0.3) is 11.8 Å². The topological polar surface area (TPSA) is 97.1 Å². The number of ether oxygens (including phenoxy) is 2. The molecule has 174 valence electrons. The Morgan fingerprint density at radius 3 is 2.62 bits per heavy atom. The van der Waals surface area contributed by atoms with Gasteiger partial charge >= 0.3 is 0 Å². The largest absolute Gasteiger partial charge is 0.491 e. The lowest BCUT2D eigenvalue weighted by molar-refractivity contribution is 0.0150. The van der Waals surface area contributed by atoms with Crippen molar-refractivity contribution in [1.82, 2.24) is 15.0 Å². The molecule has 0 aliphatic carbocycles. The summed E-state index contributed by atoms with van der Waals surface area (Å²) in [4.78, 5) is 29.6. The number of methoxy groups -OCH3 is 1. The van der Waals surface area contributed by atoms with Crippen LogP contribution in [-0.2, 0) is 4.74 Å². The van der Waals surface area contributed by atoms with Crippen LogP contribution < -0.4 is 10.1 Å². The highest BCUT2D eigenvalue weighted by atomic mass is 16.5. The zero-order chi connectivity index (χ0) is 23.4. The van der Waals surface area contributed by atoms with Gasteiger partial charge in [0.15, 0.2) is 5.69 Å². The molecule has 0 fully saturated rings. The molecule has 1 aliphatic heterocycles. The molecule has 0 saturated carbocycles. The van der Waals surface area contributed by atoms with Gasteiger partial charge in [0.05, 0.1) is 11.7 Å². The van der Waals surface area contributed by atoms with Gasteiger partial charge in [-0.3, -0.25) is 14.5 Å². The van der Waals surface area contributed by atoms with Gasteiger partial charge < -0.3 is 24.2 Å². The number of hydrogen-bond acceptors (Lipinski definition) is 7. The number of nitrogens with zero attached hydrogens (tertiary/aromatic N) is 3. The van der Waals surface area contributed by atoms with Crippen LogP contribution in [0, 0.1) is 12.8 Å². The number of aromatic nitrogens is 1. The molecule has 9 nitrogen and oxygen atoms in total. The monoisotopic (exact) mass is 444 g/mol. The van der Waals surface area contributed by atoms with E-state index in [9.17, 15) is 9.59 Å². The number of amides is 2. The molecule has 1 aromatic carbocycles. The Hall–Kier alpha value is -2.91. The van der Waals surface area contributed by atoms with Crippen molar-refractivity contribution in [2.24, 2.45) is 5.92 Å². The number of rotatable bonds is 3. The number of carbonyl (C=O) groups is 2. The molecule has 0 saturated heterocycles. The summed E-state index contributed by atoms with van der Waals surface area (Å²) in [6, 6.07) is 6.74. The number of fused-ring (bicyclic) bond motifs is 1. The lowest BCUT2D eigenvalue weighted by atomic mass is 10.0. The highest BCUT2D eigenvalue weighted by Crippen LogP contribution is 2.26. The zero-order valence-electron chi connectivity index (χ0n) is 19.5. The number of anilines is 1. The molecule has 1 aromatic heterocycles. The lowest BCUT2D eigenvalue weighted by Crippen LogP contribution is -2.45. The predicted octanol–water partition coefficient (Wildman–Crippen LogP) is 2.67.